The number of carbonyl (C=O) groups excluding carboxylic acids is 1. The third kappa shape index (κ3) is 4.46. The first-order valence-corrected chi connectivity index (χ1v) is 4.42. The number of likely N-dealkylation sites (N-methyl/N-ethyl adjacent to an activating group) is 1. The molecule has 0 spiro atoms. The first kappa shape index (κ1) is 16.4. The van der Waals surface area contributed by atoms with Gasteiger partial charge in [-0.25, -0.2) is 0 Å². The lowest BCUT2D eigenvalue weighted by Gasteiger charge is -2.31. The van der Waals surface area contributed by atoms with Gasteiger partial charge in [0.1, 0.15) is 0 Å². The molecule has 1 fully saturated rings. The minimum absolute atomic E-state index is 0. The van der Waals surface area contributed by atoms with Crippen LogP contribution < -0.4 is 10.6 Å². The van der Waals surface area contributed by atoms with Crippen LogP contribution in [-0.2, 0) is 4.79 Å². The Bertz CT molecular complexity index is 163. The van der Waals surface area contributed by atoms with Crippen LogP contribution in [0.1, 0.15) is 6.92 Å². The van der Waals surface area contributed by atoms with E-state index in [-0.39, 0.29) is 36.8 Å². The second kappa shape index (κ2) is 8.29. The molecule has 0 bridgehead atoms. The molecule has 0 radical (unpaired) electrons. The van der Waals surface area contributed by atoms with Crippen LogP contribution in [0.2, 0.25) is 0 Å². The number of amides is 1. The summed E-state index contributed by atoms with van der Waals surface area (Å²) in [6, 6.07) is 0.0112. The van der Waals surface area contributed by atoms with Crippen molar-refractivity contribution in [1.82, 2.24) is 15.5 Å². The molecule has 1 heterocycles. The minimum atomic E-state index is 0. The van der Waals surface area contributed by atoms with Gasteiger partial charge in [-0.1, -0.05) is 0 Å². The van der Waals surface area contributed by atoms with Crippen LogP contribution in [0.25, 0.3) is 0 Å². The molecule has 1 rings (SSSR count). The first-order valence-electron chi connectivity index (χ1n) is 4.42. The van der Waals surface area contributed by atoms with Gasteiger partial charge in [0.15, 0.2) is 0 Å². The number of hydrogen-bond donors (Lipinski definition) is 2. The second-order valence-electron chi connectivity index (χ2n) is 3.08. The van der Waals surface area contributed by atoms with Crippen LogP contribution in [0.3, 0.4) is 0 Å². The molecule has 1 atom stereocenters. The van der Waals surface area contributed by atoms with Gasteiger partial charge in [0.25, 0.3) is 0 Å². The maximum atomic E-state index is 11.2. The van der Waals surface area contributed by atoms with Crippen molar-refractivity contribution >= 4 is 30.7 Å². The number of rotatable bonds is 2. The molecular weight excluding hydrogens is 225 g/mol. The van der Waals surface area contributed by atoms with Crippen LogP contribution in [0, 0.1) is 0 Å². The van der Waals surface area contributed by atoms with E-state index >= 15 is 0 Å². The molecule has 0 aromatic heterocycles. The average Bonchev–Trinajstić information content (AvgIpc) is 2.17. The van der Waals surface area contributed by atoms with Gasteiger partial charge in [-0.05, 0) is 6.92 Å². The minimum Gasteiger partial charge on any atom is -0.358 e. The molecule has 1 aliphatic heterocycles. The summed E-state index contributed by atoms with van der Waals surface area (Å²) in [6.07, 6.45) is 0. The van der Waals surface area contributed by atoms with E-state index in [1.165, 1.54) is 0 Å². The van der Waals surface area contributed by atoms with Crippen molar-refractivity contribution in [1.29, 1.82) is 0 Å². The van der Waals surface area contributed by atoms with Crippen molar-refractivity contribution in [3.8, 4) is 0 Å². The summed E-state index contributed by atoms with van der Waals surface area (Å²) in [4.78, 5) is 13.4. The SMILES string of the molecule is CNC(=O)C(C)N1CCNCC1.Cl.Cl. The van der Waals surface area contributed by atoms with E-state index < -0.39 is 0 Å². The van der Waals surface area contributed by atoms with E-state index in [0.29, 0.717) is 0 Å². The molecular formula is C8H19Cl2N3O. The molecule has 0 saturated carbocycles. The van der Waals surface area contributed by atoms with Gasteiger partial charge < -0.3 is 10.6 Å². The summed E-state index contributed by atoms with van der Waals surface area (Å²) in [5.41, 5.74) is 0. The molecule has 1 saturated heterocycles. The quantitative estimate of drug-likeness (QED) is 0.711. The summed E-state index contributed by atoms with van der Waals surface area (Å²) in [6.45, 7) is 5.86. The van der Waals surface area contributed by atoms with E-state index in [4.69, 9.17) is 0 Å². The van der Waals surface area contributed by atoms with E-state index in [1.807, 2.05) is 6.92 Å². The molecule has 1 aliphatic rings. The number of carbonyl (C=O) groups is 1. The second-order valence-corrected chi connectivity index (χ2v) is 3.08. The van der Waals surface area contributed by atoms with Crippen LogP contribution in [0.4, 0.5) is 0 Å². The Morgan fingerprint density at radius 1 is 1.36 bits per heavy atom. The monoisotopic (exact) mass is 243 g/mol. The normalized spacial score (nSPS) is 18.7. The van der Waals surface area contributed by atoms with Crippen molar-refractivity contribution in [2.75, 3.05) is 33.2 Å². The van der Waals surface area contributed by atoms with E-state index in [9.17, 15) is 4.79 Å². The zero-order valence-corrected chi connectivity index (χ0v) is 10.2. The summed E-state index contributed by atoms with van der Waals surface area (Å²) >= 11 is 0. The molecule has 2 N–H and O–H groups in total. The first-order chi connectivity index (χ1) is 5.75. The topological polar surface area (TPSA) is 44.4 Å². The lowest BCUT2D eigenvalue weighted by atomic mass is 10.2. The van der Waals surface area contributed by atoms with Crippen molar-refractivity contribution in [2.45, 2.75) is 13.0 Å². The Kier molecular flexibility index (Phi) is 9.72. The van der Waals surface area contributed by atoms with Crippen molar-refractivity contribution in [3.63, 3.8) is 0 Å². The van der Waals surface area contributed by atoms with Crippen LogP contribution in [-0.4, -0.2) is 50.1 Å². The molecule has 0 aliphatic carbocycles. The number of piperazine rings is 1. The van der Waals surface area contributed by atoms with Gasteiger partial charge in [-0.2, -0.15) is 0 Å². The van der Waals surface area contributed by atoms with E-state index in [0.717, 1.165) is 26.2 Å². The Morgan fingerprint density at radius 3 is 2.29 bits per heavy atom. The third-order valence-corrected chi connectivity index (χ3v) is 2.33. The number of halogens is 2. The number of hydrogen-bond acceptors (Lipinski definition) is 3. The van der Waals surface area contributed by atoms with Crippen molar-refractivity contribution in [3.05, 3.63) is 0 Å². The number of nitrogens with one attached hydrogen (secondary N) is 2. The van der Waals surface area contributed by atoms with E-state index in [2.05, 4.69) is 15.5 Å². The van der Waals surface area contributed by atoms with Gasteiger partial charge in [0.2, 0.25) is 5.91 Å². The van der Waals surface area contributed by atoms with Gasteiger partial charge in [0, 0.05) is 33.2 Å². The van der Waals surface area contributed by atoms with Crippen LogP contribution in [0.15, 0.2) is 0 Å². The summed E-state index contributed by atoms with van der Waals surface area (Å²) in [5.74, 6) is 0.108. The molecule has 14 heavy (non-hydrogen) atoms. The van der Waals surface area contributed by atoms with E-state index in [1.54, 1.807) is 7.05 Å². The molecule has 6 heteroatoms. The fourth-order valence-corrected chi connectivity index (χ4v) is 1.44. The fraction of sp³-hybridized carbons (Fsp3) is 0.875. The molecule has 1 amide bonds. The van der Waals surface area contributed by atoms with Crippen LogP contribution >= 0.6 is 24.8 Å². The van der Waals surface area contributed by atoms with Gasteiger partial charge >= 0.3 is 0 Å². The Balaban J connectivity index is 0. The zero-order valence-electron chi connectivity index (χ0n) is 8.58. The third-order valence-electron chi connectivity index (χ3n) is 2.33. The Hall–Kier alpha value is -0.0300. The highest BCUT2D eigenvalue weighted by atomic mass is 35.5. The van der Waals surface area contributed by atoms with Crippen molar-refractivity contribution < 1.29 is 4.79 Å². The molecule has 86 valence electrons. The zero-order chi connectivity index (χ0) is 8.97. The Labute approximate surface area is 97.6 Å². The maximum absolute atomic E-state index is 11.2. The summed E-state index contributed by atoms with van der Waals surface area (Å²) in [5, 5.41) is 5.91. The lowest BCUT2D eigenvalue weighted by Crippen LogP contribution is -2.52. The highest BCUT2D eigenvalue weighted by molar-refractivity contribution is 5.85. The Morgan fingerprint density at radius 2 is 1.86 bits per heavy atom. The predicted molar refractivity (Wildman–Crippen MR) is 62.5 cm³/mol. The smallest absolute Gasteiger partial charge is 0.236 e. The fourth-order valence-electron chi connectivity index (χ4n) is 1.44. The van der Waals surface area contributed by atoms with Crippen LogP contribution in [0.5, 0.6) is 0 Å². The molecule has 0 aromatic rings. The maximum Gasteiger partial charge on any atom is 0.236 e. The van der Waals surface area contributed by atoms with Gasteiger partial charge in [-0.15, -0.1) is 24.8 Å². The average molecular weight is 244 g/mol. The van der Waals surface area contributed by atoms with Gasteiger partial charge in [-0.3, -0.25) is 9.69 Å². The molecule has 4 nitrogen and oxygen atoms in total. The van der Waals surface area contributed by atoms with Crippen molar-refractivity contribution in [2.24, 2.45) is 0 Å². The highest BCUT2D eigenvalue weighted by Crippen LogP contribution is 2.00. The molecule has 0 aromatic carbocycles. The summed E-state index contributed by atoms with van der Waals surface area (Å²) < 4.78 is 0. The lowest BCUT2D eigenvalue weighted by molar-refractivity contribution is -0.125. The highest BCUT2D eigenvalue weighted by Gasteiger charge is 2.21. The molecule has 1 unspecified atom stereocenters. The predicted octanol–water partition coefficient (Wildman–Crippen LogP) is -0.130. The van der Waals surface area contributed by atoms with Gasteiger partial charge in [0.05, 0.1) is 6.04 Å². The number of nitrogens with zero attached hydrogens (tertiary/aromatic N) is 1. The largest absolute Gasteiger partial charge is 0.358 e. The summed E-state index contributed by atoms with van der Waals surface area (Å²) in [7, 11) is 1.68. The standard InChI is InChI=1S/C8H17N3O.2ClH/c1-7(8(12)9-2)11-5-3-10-4-6-11;;/h7,10H,3-6H2,1-2H3,(H,9,12);2*1H.